The van der Waals surface area contributed by atoms with Gasteiger partial charge in [0.25, 0.3) is 0 Å². The van der Waals surface area contributed by atoms with Gasteiger partial charge in [0.1, 0.15) is 0 Å². The molecule has 0 aliphatic carbocycles. The number of thiol groups is 1. The van der Waals surface area contributed by atoms with Crippen molar-refractivity contribution < 1.29 is 0 Å². The molecule has 0 saturated heterocycles. The summed E-state index contributed by atoms with van der Waals surface area (Å²) in [5.41, 5.74) is 0. The third kappa shape index (κ3) is 3.74. The first-order valence-electron chi connectivity index (χ1n) is 3.18. The second-order valence-electron chi connectivity index (χ2n) is 1.75. The monoisotopic (exact) mass is 150 g/mol. The van der Waals surface area contributed by atoms with E-state index in [0.29, 0.717) is 7.92 Å². The Morgan fingerprint density at radius 1 is 1.25 bits per heavy atom. The molecule has 0 spiro atoms. The summed E-state index contributed by atoms with van der Waals surface area (Å²) in [6, 6.07) is 0. The zero-order valence-electron chi connectivity index (χ0n) is 5.72. The van der Waals surface area contributed by atoms with Crippen LogP contribution in [0.4, 0.5) is 0 Å². The van der Waals surface area contributed by atoms with Crippen LogP contribution in [0.15, 0.2) is 0 Å². The highest BCUT2D eigenvalue weighted by Crippen LogP contribution is 2.33. The van der Waals surface area contributed by atoms with Crippen LogP contribution in [0.25, 0.3) is 0 Å². The van der Waals surface area contributed by atoms with Gasteiger partial charge in [0.2, 0.25) is 0 Å². The van der Waals surface area contributed by atoms with Crippen molar-refractivity contribution in [3.05, 3.63) is 0 Å². The minimum absolute atomic E-state index is 0.367. The number of rotatable bonds is 4. The van der Waals surface area contributed by atoms with Crippen molar-refractivity contribution in [2.75, 3.05) is 24.2 Å². The number of hydrogen-bond acceptors (Lipinski definition) is 1. The summed E-state index contributed by atoms with van der Waals surface area (Å²) in [6.45, 7) is 4.55. The summed E-state index contributed by atoms with van der Waals surface area (Å²) < 4.78 is 0. The van der Waals surface area contributed by atoms with Crippen LogP contribution < -0.4 is 0 Å². The second kappa shape index (κ2) is 5.91. The van der Waals surface area contributed by atoms with E-state index in [-0.39, 0.29) is 0 Å². The van der Waals surface area contributed by atoms with Crippen molar-refractivity contribution in [3.63, 3.8) is 0 Å². The van der Waals surface area contributed by atoms with E-state index >= 15 is 0 Å². The van der Waals surface area contributed by atoms with Gasteiger partial charge in [0.15, 0.2) is 0 Å². The summed E-state index contributed by atoms with van der Waals surface area (Å²) in [5.74, 6) is 1.08. The molecule has 0 aromatic rings. The van der Waals surface area contributed by atoms with Crippen LogP contribution in [0.1, 0.15) is 13.8 Å². The maximum Gasteiger partial charge on any atom is -0.00585 e. The van der Waals surface area contributed by atoms with Gasteiger partial charge in [-0.05, 0) is 24.2 Å². The van der Waals surface area contributed by atoms with Gasteiger partial charge in [0.05, 0.1) is 0 Å². The Morgan fingerprint density at radius 3 is 1.88 bits per heavy atom. The van der Waals surface area contributed by atoms with Crippen LogP contribution >= 0.6 is 20.6 Å². The standard InChI is InChI=1S/C6H15PS/c1-3-7(4-2)5-6-8/h8H,3-6H2,1-2H3. The maximum absolute atomic E-state index is 4.18. The summed E-state index contributed by atoms with van der Waals surface area (Å²) in [5, 5.41) is 0. The highest BCUT2D eigenvalue weighted by atomic mass is 32.1. The molecule has 0 unspecified atom stereocenters. The summed E-state index contributed by atoms with van der Waals surface area (Å²) >= 11 is 4.18. The second-order valence-corrected chi connectivity index (χ2v) is 5.25. The van der Waals surface area contributed by atoms with Gasteiger partial charge < -0.3 is 0 Å². The summed E-state index contributed by atoms with van der Waals surface area (Å²) in [7, 11) is 0.367. The SMILES string of the molecule is CCP(CC)CCS. The van der Waals surface area contributed by atoms with E-state index < -0.39 is 0 Å². The largest absolute Gasteiger partial charge is 0.179 e. The third-order valence-electron chi connectivity index (χ3n) is 1.31. The molecule has 50 valence electrons. The van der Waals surface area contributed by atoms with Gasteiger partial charge in [-0.1, -0.05) is 13.8 Å². The molecular weight excluding hydrogens is 135 g/mol. The molecule has 0 saturated carbocycles. The van der Waals surface area contributed by atoms with E-state index in [1.165, 1.54) is 18.5 Å². The van der Waals surface area contributed by atoms with Crippen molar-refractivity contribution in [1.29, 1.82) is 0 Å². The fourth-order valence-corrected chi connectivity index (χ4v) is 2.89. The van der Waals surface area contributed by atoms with Gasteiger partial charge in [-0.25, -0.2) is 0 Å². The third-order valence-corrected chi connectivity index (χ3v) is 4.53. The van der Waals surface area contributed by atoms with Crippen LogP contribution in [-0.2, 0) is 0 Å². The van der Waals surface area contributed by atoms with E-state index in [2.05, 4.69) is 26.5 Å². The Morgan fingerprint density at radius 2 is 1.75 bits per heavy atom. The van der Waals surface area contributed by atoms with Gasteiger partial charge in [-0.3, -0.25) is 0 Å². The lowest BCUT2D eigenvalue weighted by atomic mass is 10.9. The fourth-order valence-electron chi connectivity index (χ4n) is 0.681. The molecule has 0 atom stereocenters. The van der Waals surface area contributed by atoms with E-state index in [1.807, 2.05) is 0 Å². The van der Waals surface area contributed by atoms with Crippen LogP contribution in [0.5, 0.6) is 0 Å². The predicted octanol–water partition coefficient (Wildman–Crippen LogP) is 2.44. The van der Waals surface area contributed by atoms with Gasteiger partial charge in [-0.15, -0.1) is 7.92 Å². The molecule has 0 radical (unpaired) electrons. The molecular formula is C6H15PS. The zero-order chi connectivity index (χ0) is 6.41. The first-order chi connectivity index (χ1) is 3.85. The van der Waals surface area contributed by atoms with E-state index in [0.717, 1.165) is 5.75 Å². The van der Waals surface area contributed by atoms with Crippen LogP contribution in [-0.4, -0.2) is 24.2 Å². The topological polar surface area (TPSA) is 0 Å². The van der Waals surface area contributed by atoms with Crippen LogP contribution in [0.3, 0.4) is 0 Å². The molecule has 0 heterocycles. The minimum atomic E-state index is 0.367. The van der Waals surface area contributed by atoms with E-state index in [4.69, 9.17) is 0 Å². The van der Waals surface area contributed by atoms with Gasteiger partial charge in [-0.2, -0.15) is 12.6 Å². The molecule has 8 heavy (non-hydrogen) atoms. The molecule has 0 aliphatic rings. The smallest absolute Gasteiger partial charge is 0.00585 e. The highest BCUT2D eigenvalue weighted by Gasteiger charge is 1.97. The Balaban J connectivity index is 3.07. The Labute approximate surface area is 59.2 Å². The molecule has 0 bridgehead atoms. The lowest BCUT2D eigenvalue weighted by Crippen LogP contribution is -1.89. The first kappa shape index (κ1) is 8.78. The Kier molecular flexibility index (Phi) is 6.48. The van der Waals surface area contributed by atoms with Crippen molar-refractivity contribution in [2.45, 2.75) is 13.8 Å². The normalized spacial score (nSPS) is 10.5. The fraction of sp³-hybridized carbons (Fsp3) is 1.00. The molecule has 0 N–H and O–H groups in total. The first-order valence-corrected chi connectivity index (χ1v) is 5.71. The average Bonchev–Trinajstić information content (AvgIpc) is 1.83. The molecule has 0 fully saturated rings. The predicted molar refractivity (Wildman–Crippen MR) is 46.7 cm³/mol. The molecule has 0 aliphatic heterocycles. The molecule has 0 nitrogen and oxygen atoms in total. The van der Waals surface area contributed by atoms with Crippen molar-refractivity contribution in [1.82, 2.24) is 0 Å². The molecule has 0 rings (SSSR count). The zero-order valence-corrected chi connectivity index (χ0v) is 7.51. The summed E-state index contributed by atoms with van der Waals surface area (Å²) in [4.78, 5) is 0. The van der Waals surface area contributed by atoms with Crippen LogP contribution in [0.2, 0.25) is 0 Å². The molecule has 0 amide bonds. The van der Waals surface area contributed by atoms with Crippen LogP contribution in [0, 0.1) is 0 Å². The van der Waals surface area contributed by atoms with Gasteiger partial charge in [0, 0.05) is 0 Å². The minimum Gasteiger partial charge on any atom is -0.179 e. The molecule has 2 heteroatoms. The van der Waals surface area contributed by atoms with Crippen molar-refractivity contribution in [3.8, 4) is 0 Å². The molecule has 0 aromatic heterocycles. The number of hydrogen-bond donors (Lipinski definition) is 1. The van der Waals surface area contributed by atoms with Crippen molar-refractivity contribution >= 4 is 20.6 Å². The lowest BCUT2D eigenvalue weighted by molar-refractivity contribution is 1.36. The Hall–Kier alpha value is 0.780. The summed E-state index contributed by atoms with van der Waals surface area (Å²) in [6.07, 6.45) is 4.12. The lowest BCUT2D eigenvalue weighted by Gasteiger charge is -2.09. The molecule has 0 aromatic carbocycles. The van der Waals surface area contributed by atoms with E-state index in [1.54, 1.807) is 0 Å². The average molecular weight is 150 g/mol. The maximum atomic E-state index is 4.18. The quantitative estimate of drug-likeness (QED) is 0.462. The van der Waals surface area contributed by atoms with Gasteiger partial charge >= 0.3 is 0 Å². The van der Waals surface area contributed by atoms with E-state index in [9.17, 15) is 0 Å². The Bertz CT molecular complexity index is 43.8. The highest BCUT2D eigenvalue weighted by molar-refractivity contribution is 7.80. The van der Waals surface area contributed by atoms with Crippen molar-refractivity contribution in [2.24, 2.45) is 0 Å².